The van der Waals surface area contributed by atoms with Gasteiger partial charge in [-0.25, -0.2) is 0 Å². The minimum atomic E-state index is -0.591. The molecule has 1 atom stereocenters. The average Bonchev–Trinajstić information content (AvgIpc) is 2.45. The monoisotopic (exact) mass is 310 g/mol. The fourth-order valence-electron chi connectivity index (χ4n) is 2.01. The van der Waals surface area contributed by atoms with Crippen molar-refractivity contribution in [3.63, 3.8) is 0 Å². The number of nitrogens with one attached hydrogen (secondary N) is 1. The maximum atomic E-state index is 12.3. The smallest absolute Gasteiger partial charge is 0.282 e. The molecule has 0 bridgehead atoms. The van der Waals surface area contributed by atoms with Crippen LogP contribution in [0, 0.1) is 15.5 Å². The molecule has 0 saturated heterocycles. The van der Waals surface area contributed by atoms with Crippen molar-refractivity contribution in [1.29, 1.82) is 0 Å². The van der Waals surface area contributed by atoms with Gasteiger partial charge in [-0.2, -0.15) is 0 Å². The molecule has 22 heavy (non-hydrogen) atoms. The van der Waals surface area contributed by atoms with Crippen LogP contribution < -0.4 is 10.1 Å². The van der Waals surface area contributed by atoms with Gasteiger partial charge >= 0.3 is 0 Å². The number of carbonyl (C=O) groups excluding carboxylic acids is 1. The van der Waals surface area contributed by atoms with Crippen molar-refractivity contribution in [3.8, 4) is 5.75 Å². The summed E-state index contributed by atoms with van der Waals surface area (Å²) in [6.07, 6.45) is -0.207. The molecule has 0 fully saturated rings. The van der Waals surface area contributed by atoms with E-state index >= 15 is 0 Å². The molecule has 1 aromatic carbocycles. The Labute approximate surface area is 129 Å². The molecule has 0 radical (unpaired) electrons. The molecule has 0 aliphatic rings. The van der Waals surface area contributed by atoms with E-state index in [4.69, 9.17) is 9.47 Å². The molecule has 0 aromatic heterocycles. The number of rotatable bonds is 6. The van der Waals surface area contributed by atoms with Crippen molar-refractivity contribution in [1.82, 2.24) is 5.32 Å². The summed E-state index contributed by atoms with van der Waals surface area (Å²) in [5, 5.41) is 13.7. The van der Waals surface area contributed by atoms with Gasteiger partial charge in [-0.05, 0) is 17.5 Å². The summed E-state index contributed by atoms with van der Waals surface area (Å²) in [5.74, 6) is -0.147. The third kappa shape index (κ3) is 4.42. The first-order valence-corrected chi connectivity index (χ1v) is 6.84. The highest BCUT2D eigenvalue weighted by Gasteiger charge is 2.26. The van der Waals surface area contributed by atoms with Crippen molar-refractivity contribution in [3.05, 3.63) is 33.9 Å². The van der Waals surface area contributed by atoms with Gasteiger partial charge in [-0.3, -0.25) is 14.9 Å². The third-order valence-electron chi connectivity index (χ3n) is 3.34. The van der Waals surface area contributed by atoms with Gasteiger partial charge in [0, 0.05) is 19.7 Å². The number of hydrogen-bond acceptors (Lipinski definition) is 5. The summed E-state index contributed by atoms with van der Waals surface area (Å²) in [6, 6.07) is 4.06. The van der Waals surface area contributed by atoms with Crippen molar-refractivity contribution < 1.29 is 19.2 Å². The molecule has 0 aliphatic carbocycles. The SMILES string of the molecule is COc1ccc([N+](=O)[O-])c(C(=O)NCC(OC)C(C)(C)C)c1. The summed E-state index contributed by atoms with van der Waals surface area (Å²) < 4.78 is 10.4. The van der Waals surface area contributed by atoms with Gasteiger partial charge in [0.15, 0.2) is 0 Å². The van der Waals surface area contributed by atoms with Crippen LogP contribution in [0.25, 0.3) is 0 Å². The van der Waals surface area contributed by atoms with Crippen LogP contribution in [0.5, 0.6) is 5.75 Å². The van der Waals surface area contributed by atoms with Crippen LogP contribution in [0.1, 0.15) is 31.1 Å². The highest BCUT2D eigenvalue weighted by Crippen LogP contribution is 2.25. The van der Waals surface area contributed by atoms with Gasteiger partial charge in [0.25, 0.3) is 11.6 Å². The van der Waals surface area contributed by atoms with E-state index < -0.39 is 10.8 Å². The maximum Gasteiger partial charge on any atom is 0.282 e. The summed E-state index contributed by atoms with van der Waals surface area (Å²) >= 11 is 0. The van der Waals surface area contributed by atoms with Crippen LogP contribution >= 0.6 is 0 Å². The number of methoxy groups -OCH3 is 2. The van der Waals surface area contributed by atoms with Crippen molar-refractivity contribution in [2.24, 2.45) is 5.41 Å². The number of nitrogens with zero attached hydrogens (tertiary/aromatic N) is 1. The fourth-order valence-corrected chi connectivity index (χ4v) is 2.01. The number of amides is 1. The number of ether oxygens (including phenoxy) is 2. The van der Waals surface area contributed by atoms with Gasteiger partial charge in [-0.1, -0.05) is 20.8 Å². The van der Waals surface area contributed by atoms with Gasteiger partial charge in [0.05, 0.1) is 18.1 Å². The molecule has 0 heterocycles. The summed E-state index contributed by atoms with van der Waals surface area (Å²) in [6.45, 7) is 6.22. The van der Waals surface area contributed by atoms with Gasteiger partial charge in [0.1, 0.15) is 11.3 Å². The van der Waals surface area contributed by atoms with Crippen LogP contribution in [0.4, 0.5) is 5.69 Å². The Morgan fingerprint density at radius 3 is 2.45 bits per heavy atom. The largest absolute Gasteiger partial charge is 0.497 e. The summed E-state index contributed by atoms with van der Waals surface area (Å²) in [4.78, 5) is 22.7. The Hall–Kier alpha value is -2.15. The van der Waals surface area contributed by atoms with E-state index in [-0.39, 0.29) is 29.3 Å². The lowest BCUT2D eigenvalue weighted by Crippen LogP contribution is -2.40. The van der Waals surface area contributed by atoms with E-state index in [9.17, 15) is 14.9 Å². The highest BCUT2D eigenvalue weighted by atomic mass is 16.6. The lowest BCUT2D eigenvalue weighted by atomic mass is 9.89. The minimum absolute atomic E-state index is 0.0342. The number of hydrogen-bond donors (Lipinski definition) is 1. The maximum absolute atomic E-state index is 12.3. The second-order valence-corrected chi connectivity index (χ2v) is 5.94. The molecule has 7 heteroatoms. The van der Waals surface area contributed by atoms with E-state index in [1.807, 2.05) is 20.8 Å². The molecule has 122 valence electrons. The van der Waals surface area contributed by atoms with E-state index in [0.29, 0.717) is 5.75 Å². The highest BCUT2D eigenvalue weighted by molar-refractivity contribution is 5.98. The lowest BCUT2D eigenvalue weighted by Gasteiger charge is -2.29. The second kappa shape index (κ2) is 7.22. The Kier molecular flexibility index (Phi) is 5.87. The van der Waals surface area contributed by atoms with Crippen LogP contribution in [-0.2, 0) is 4.74 Å². The molecule has 1 amide bonds. The first-order valence-electron chi connectivity index (χ1n) is 6.84. The van der Waals surface area contributed by atoms with Crippen LogP contribution in [0.3, 0.4) is 0 Å². The molecule has 0 spiro atoms. The van der Waals surface area contributed by atoms with E-state index in [1.54, 1.807) is 7.11 Å². The Bertz CT molecular complexity index is 551. The molecule has 1 aromatic rings. The Balaban J connectivity index is 2.95. The topological polar surface area (TPSA) is 90.7 Å². The number of benzene rings is 1. The first kappa shape index (κ1) is 17.9. The van der Waals surface area contributed by atoms with Crippen molar-refractivity contribution in [2.45, 2.75) is 26.9 Å². The molecule has 0 saturated carbocycles. The molecule has 1 rings (SSSR count). The number of carbonyl (C=O) groups is 1. The number of nitro groups is 1. The van der Waals surface area contributed by atoms with Crippen molar-refractivity contribution in [2.75, 3.05) is 20.8 Å². The first-order chi connectivity index (χ1) is 10.2. The lowest BCUT2D eigenvalue weighted by molar-refractivity contribution is -0.385. The third-order valence-corrected chi connectivity index (χ3v) is 3.34. The quantitative estimate of drug-likeness (QED) is 0.643. The Morgan fingerprint density at radius 1 is 1.36 bits per heavy atom. The van der Waals surface area contributed by atoms with Gasteiger partial charge in [0.2, 0.25) is 0 Å². The zero-order valence-electron chi connectivity index (χ0n) is 13.5. The van der Waals surface area contributed by atoms with Gasteiger partial charge < -0.3 is 14.8 Å². The molecule has 7 nitrogen and oxygen atoms in total. The molecule has 0 aliphatic heterocycles. The van der Waals surface area contributed by atoms with Gasteiger partial charge in [-0.15, -0.1) is 0 Å². The van der Waals surface area contributed by atoms with Crippen LogP contribution in [0.2, 0.25) is 0 Å². The summed E-state index contributed by atoms with van der Waals surface area (Å²) in [7, 11) is 3.00. The molecule has 1 N–H and O–H groups in total. The van der Waals surface area contributed by atoms with E-state index in [1.165, 1.54) is 25.3 Å². The normalized spacial score (nSPS) is 12.6. The zero-order chi connectivity index (χ0) is 16.9. The van der Waals surface area contributed by atoms with Crippen molar-refractivity contribution >= 4 is 11.6 Å². The molecular formula is C15H22N2O5. The van der Waals surface area contributed by atoms with Crippen LogP contribution in [0.15, 0.2) is 18.2 Å². The van der Waals surface area contributed by atoms with E-state index in [0.717, 1.165) is 0 Å². The predicted octanol–water partition coefficient (Wildman–Crippen LogP) is 2.39. The standard InChI is InChI=1S/C15H22N2O5/c1-15(2,3)13(22-5)9-16-14(18)11-8-10(21-4)6-7-12(11)17(19)20/h6-8,13H,9H2,1-5H3,(H,16,18). The molecular weight excluding hydrogens is 288 g/mol. The predicted molar refractivity (Wildman–Crippen MR) is 82.2 cm³/mol. The summed E-state index contributed by atoms with van der Waals surface area (Å²) in [5.41, 5.74) is -0.460. The van der Waals surface area contributed by atoms with E-state index in [2.05, 4.69) is 5.32 Å². The average molecular weight is 310 g/mol. The second-order valence-electron chi connectivity index (χ2n) is 5.94. The molecule has 1 unspecified atom stereocenters. The van der Waals surface area contributed by atoms with Crippen LogP contribution in [-0.4, -0.2) is 37.7 Å². The fraction of sp³-hybridized carbons (Fsp3) is 0.533. The minimum Gasteiger partial charge on any atom is -0.497 e. The Morgan fingerprint density at radius 2 is 2.00 bits per heavy atom. The zero-order valence-corrected chi connectivity index (χ0v) is 13.5. The number of nitro benzene ring substituents is 1.